The SMILES string of the molecule is CC(C)COc1ncc(-c2cn(C)c3cc(C(=O)NS(=O)(=O)C4CC4)cnc23)cc1Cl. The molecule has 4 rings (SSSR count). The normalized spacial score (nSPS) is 14.2. The number of pyridine rings is 2. The summed E-state index contributed by atoms with van der Waals surface area (Å²) >= 11 is 6.36. The number of amides is 1. The van der Waals surface area contributed by atoms with Crippen LogP contribution in [0.25, 0.3) is 22.2 Å². The zero-order valence-electron chi connectivity index (χ0n) is 17.4. The lowest BCUT2D eigenvalue weighted by Gasteiger charge is -2.10. The topological polar surface area (TPSA) is 103 Å². The summed E-state index contributed by atoms with van der Waals surface area (Å²) in [5.74, 6) is 0.0500. The Labute approximate surface area is 185 Å². The number of carbonyl (C=O) groups is 1. The highest BCUT2D eigenvalue weighted by Gasteiger charge is 2.37. The molecule has 0 atom stereocenters. The first-order valence-electron chi connectivity index (χ1n) is 9.95. The van der Waals surface area contributed by atoms with Crippen molar-refractivity contribution in [1.29, 1.82) is 0 Å². The molecule has 0 saturated heterocycles. The molecule has 0 aromatic carbocycles. The molecule has 1 saturated carbocycles. The lowest BCUT2D eigenvalue weighted by atomic mass is 10.1. The Morgan fingerprint density at radius 3 is 2.68 bits per heavy atom. The van der Waals surface area contributed by atoms with Crippen LogP contribution < -0.4 is 9.46 Å². The number of nitrogens with one attached hydrogen (secondary N) is 1. The van der Waals surface area contributed by atoms with Gasteiger partial charge in [0.2, 0.25) is 15.9 Å². The largest absolute Gasteiger partial charge is 0.476 e. The quantitative estimate of drug-likeness (QED) is 0.576. The maximum Gasteiger partial charge on any atom is 0.266 e. The second kappa shape index (κ2) is 8.12. The molecule has 3 aromatic heterocycles. The van der Waals surface area contributed by atoms with Gasteiger partial charge in [-0.05, 0) is 30.9 Å². The van der Waals surface area contributed by atoms with Crippen molar-refractivity contribution in [3.05, 3.63) is 41.3 Å². The number of hydrogen-bond donors (Lipinski definition) is 1. The Morgan fingerprint density at radius 1 is 1.29 bits per heavy atom. The maximum absolute atomic E-state index is 12.4. The van der Waals surface area contributed by atoms with E-state index in [1.807, 2.05) is 31.7 Å². The molecule has 0 bridgehead atoms. The average molecular weight is 463 g/mol. The zero-order valence-corrected chi connectivity index (χ0v) is 19.0. The molecule has 1 aliphatic rings. The van der Waals surface area contributed by atoms with Crippen molar-refractivity contribution >= 4 is 38.6 Å². The van der Waals surface area contributed by atoms with Crippen LogP contribution in [0.3, 0.4) is 0 Å². The Morgan fingerprint density at radius 2 is 2.03 bits per heavy atom. The minimum Gasteiger partial charge on any atom is -0.476 e. The van der Waals surface area contributed by atoms with E-state index in [9.17, 15) is 13.2 Å². The van der Waals surface area contributed by atoms with Crippen LogP contribution in [0.2, 0.25) is 5.02 Å². The number of rotatable bonds is 7. The van der Waals surface area contributed by atoms with Gasteiger partial charge in [0.25, 0.3) is 5.91 Å². The molecule has 1 fully saturated rings. The molecule has 1 amide bonds. The number of carbonyl (C=O) groups excluding carboxylic acids is 1. The molecule has 1 N–H and O–H groups in total. The molecule has 0 aliphatic heterocycles. The number of nitrogens with zero attached hydrogens (tertiary/aromatic N) is 3. The number of fused-ring (bicyclic) bond motifs is 1. The molecule has 3 aromatic rings. The third kappa shape index (κ3) is 4.52. The van der Waals surface area contributed by atoms with Gasteiger partial charge in [-0.2, -0.15) is 0 Å². The summed E-state index contributed by atoms with van der Waals surface area (Å²) in [7, 11) is -1.80. The van der Waals surface area contributed by atoms with Crippen molar-refractivity contribution in [2.24, 2.45) is 13.0 Å². The van der Waals surface area contributed by atoms with Crippen LogP contribution in [-0.4, -0.2) is 40.7 Å². The van der Waals surface area contributed by atoms with Gasteiger partial charge in [-0.25, -0.2) is 18.1 Å². The summed E-state index contributed by atoms with van der Waals surface area (Å²) in [5.41, 5.74) is 3.06. The Hall–Kier alpha value is -2.65. The average Bonchev–Trinajstić information content (AvgIpc) is 3.52. The van der Waals surface area contributed by atoms with Gasteiger partial charge in [0.05, 0.1) is 28.5 Å². The van der Waals surface area contributed by atoms with Crippen LogP contribution in [0.15, 0.2) is 30.7 Å². The second-order valence-electron chi connectivity index (χ2n) is 8.14. The predicted octanol–water partition coefficient (Wildman–Crippen LogP) is 3.55. The van der Waals surface area contributed by atoms with Crippen LogP contribution in [0.5, 0.6) is 5.88 Å². The van der Waals surface area contributed by atoms with E-state index in [0.29, 0.717) is 47.3 Å². The van der Waals surface area contributed by atoms with Crippen LogP contribution in [0.1, 0.15) is 37.0 Å². The summed E-state index contributed by atoms with van der Waals surface area (Å²) < 4.78 is 33.7. The molecule has 3 heterocycles. The first-order valence-corrected chi connectivity index (χ1v) is 11.9. The van der Waals surface area contributed by atoms with Gasteiger partial charge in [-0.3, -0.25) is 9.78 Å². The number of hydrogen-bond acceptors (Lipinski definition) is 6. The maximum atomic E-state index is 12.4. The van der Waals surface area contributed by atoms with Gasteiger partial charge in [0.15, 0.2) is 0 Å². The van der Waals surface area contributed by atoms with E-state index in [1.54, 1.807) is 18.3 Å². The summed E-state index contributed by atoms with van der Waals surface area (Å²) in [6.45, 7) is 4.60. The van der Waals surface area contributed by atoms with Gasteiger partial charge < -0.3 is 9.30 Å². The fraction of sp³-hybridized carbons (Fsp3) is 0.381. The van der Waals surface area contributed by atoms with Crippen molar-refractivity contribution in [3.8, 4) is 17.0 Å². The number of aryl methyl sites for hydroxylation is 1. The summed E-state index contributed by atoms with van der Waals surface area (Å²) in [6, 6.07) is 3.39. The Balaban J connectivity index is 1.63. The minimum atomic E-state index is -3.62. The minimum absolute atomic E-state index is 0.179. The zero-order chi connectivity index (χ0) is 22.3. The van der Waals surface area contributed by atoms with Crippen molar-refractivity contribution in [3.63, 3.8) is 0 Å². The molecular formula is C21H23ClN4O4S. The van der Waals surface area contributed by atoms with E-state index < -0.39 is 21.2 Å². The summed E-state index contributed by atoms with van der Waals surface area (Å²) in [4.78, 5) is 21.2. The fourth-order valence-corrected chi connectivity index (χ4v) is 4.68. The van der Waals surface area contributed by atoms with Gasteiger partial charge in [-0.1, -0.05) is 25.4 Å². The van der Waals surface area contributed by atoms with Crippen molar-refractivity contribution in [2.75, 3.05) is 6.61 Å². The molecule has 1 aliphatic carbocycles. The number of ether oxygens (including phenoxy) is 1. The molecule has 8 nitrogen and oxygen atoms in total. The predicted molar refractivity (Wildman–Crippen MR) is 119 cm³/mol. The standard InChI is InChI=1S/C21H23ClN4O4S/c1-12(2)11-30-21-17(22)6-13(8-24-21)16-10-26(3)18-7-14(9-23-19(16)18)20(27)25-31(28,29)15-4-5-15/h6-10,12,15H,4-5,11H2,1-3H3,(H,25,27). The number of halogens is 1. The highest BCUT2D eigenvalue weighted by atomic mass is 35.5. The molecule has 164 valence electrons. The molecule has 10 heteroatoms. The monoisotopic (exact) mass is 462 g/mol. The Kier molecular flexibility index (Phi) is 5.65. The van der Waals surface area contributed by atoms with E-state index in [0.717, 1.165) is 11.1 Å². The van der Waals surface area contributed by atoms with E-state index in [4.69, 9.17) is 16.3 Å². The fourth-order valence-electron chi connectivity index (χ4n) is 3.16. The van der Waals surface area contributed by atoms with Crippen molar-refractivity contribution in [1.82, 2.24) is 19.3 Å². The van der Waals surface area contributed by atoms with Crippen LogP contribution in [0, 0.1) is 5.92 Å². The lowest BCUT2D eigenvalue weighted by molar-refractivity contribution is 0.0981. The highest BCUT2D eigenvalue weighted by Crippen LogP contribution is 2.33. The van der Waals surface area contributed by atoms with Crippen molar-refractivity contribution < 1.29 is 17.9 Å². The summed E-state index contributed by atoms with van der Waals surface area (Å²) in [6.07, 6.45) is 6.07. The molecule has 0 radical (unpaired) electrons. The second-order valence-corrected chi connectivity index (χ2v) is 10.5. The highest BCUT2D eigenvalue weighted by molar-refractivity contribution is 7.91. The first kappa shape index (κ1) is 21.6. The molecule has 0 spiro atoms. The molecule has 0 unspecified atom stereocenters. The third-order valence-electron chi connectivity index (χ3n) is 4.96. The van der Waals surface area contributed by atoms with E-state index in [1.165, 1.54) is 6.20 Å². The van der Waals surface area contributed by atoms with Gasteiger partial charge in [-0.15, -0.1) is 0 Å². The van der Waals surface area contributed by atoms with Gasteiger partial charge in [0, 0.05) is 36.8 Å². The first-order chi connectivity index (χ1) is 14.7. The van der Waals surface area contributed by atoms with Crippen LogP contribution in [0.4, 0.5) is 0 Å². The Bertz CT molecular complexity index is 1270. The van der Waals surface area contributed by atoms with E-state index in [-0.39, 0.29) is 5.56 Å². The van der Waals surface area contributed by atoms with Crippen LogP contribution in [-0.2, 0) is 17.1 Å². The van der Waals surface area contributed by atoms with Crippen molar-refractivity contribution in [2.45, 2.75) is 31.9 Å². The summed E-state index contributed by atoms with van der Waals surface area (Å²) in [5, 5.41) is -0.0732. The number of aromatic nitrogens is 3. The van der Waals surface area contributed by atoms with Gasteiger partial charge >= 0.3 is 0 Å². The van der Waals surface area contributed by atoms with E-state index in [2.05, 4.69) is 14.7 Å². The lowest BCUT2D eigenvalue weighted by Crippen LogP contribution is -2.33. The van der Waals surface area contributed by atoms with E-state index >= 15 is 0 Å². The van der Waals surface area contributed by atoms with Crippen LogP contribution >= 0.6 is 11.6 Å². The molecular weight excluding hydrogens is 440 g/mol. The smallest absolute Gasteiger partial charge is 0.266 e. The third-order valence-corrected chi connectivity index (χ3v) is 7.05. The van der Waals surface area contributed by atoms with Gasteiger partial charge in [0.1, 0.15) is 5.02 Å². The molecule has 31 heavy (non-hydrogen) atoms. The number of sulfonamides is 1.